The Morgan fingerprint density at radius 2 is 2.12 bits per heavy atom. The summed E-state index contributed by atoms with van der Waals surface area (Å²) < 4.78 is 5.66. The molecule has 1 aromatic carbocycles. The summed E-state index contributed by atoms with van der Waals surface area (Å²) in [5.74, 6) is 1.50. The Morgan fingerprint density at radius 3 is 2.83 bits per heavy atom. The maximum absolute atomic E-state index is 12.6. The van der Waals surface area contributed by atoms with Gasteiger partial charge >= 0.3 is 7.12 Å². The van der Waals surface area contributed by atoms with Crippen molar-refractivity contribution in [2.45, 2.75) is 44.0 Å². The Kier molecular flexibility index (Phi) is 4.27. The highest BCUT2D eigenvalue weighted by atomic mass is 16.5. The number of rotatable bonds is 5. The Bertz CT molecular complexity index is 623. The van der Waals surface area contributed by atoms with E-state index < -0.39 is 13.1 Å². The fourth-order valence-electron chi connectivity index (χ4n) is 4.84. The third-order valence-electron chi connectivity index (χ3n) is 6.10. The Balaban J connectivity index is 1.41. The van der Waals surface area contributed by atoms with Crippen molar-refractivity contribution in [2.75, 3.05) is 6.61 Å². The molecule has 3 N–H and O–H groups in total. The monoisotopic (exact) mass is 329 g/mol. The molecule has 2 saturated carbocycles. The summed E-state index contributed by atoms with van der Waals surface area (Å²) in [4.78, 5) is 12.6. The van der Waals surface area contributed by atoms with Crippen LogP contribution < -0.4 is 10.1 Å². The van der Waals surface area contributed by atoms with Gasteiger partial charge in [0.2, 0.25) is 5.91 Å². The highest BCUT2D eigenvalue weighted by Gasteiger charge is 2.44. The summed E-state index contributed by atoms with van der Waals surface area (Å²) in [5, 5.41) is 22.4. The molecule has 0 aromatic heterocycles. The fourth-order valence-corrected chi connectivity index (χ4v) is 4.84. The van der Waals surface area contributed by atoms with Crippen LogP contribution in [0.1, 0.15) is 43.6 Å². The maximum atomic E-state index is 12.6. The van der Waals surface area contributed by atoms with Gasteiger partial charge in [0.25, 0.3) is 0 Å². The number of amides is 1. The Labute approximate surface area is 142 Å². The van der Waals surface area contributed by atoms with Gasteiger partial charge < -0.3 is 20.1 Å². The largest absolute Gasteiger partial charge is 0.493 e. The van der Waals surface area contributed by atoms with Gasteiger partial charge in [-0.05, 0) is 43.6 Å². The molecule has 1 aromatic rings. The number of nitrogens with one attached hydrogen (secondary N) is 1. The van der Waals surface area contributed by atoms with E-state index in [1.54, 1.807) is 0 Å². The molecule has 1 heterocycles. The van der Waals surface area contributed by atoms with E-state index in [-0.39, 0.29) is 17.7 Å². The van der Waals surface area contributed by atoms with E-state index in [0.717, 1.165) is 30.6 Å². The molecule has 5 atom stereocenters. The lowest BCUT2D eigenvalue weighted by Gasteiger charge is -2.26. The van der Waals surface area contributed by atoms with Crippen LogP contribution in [-0.4, -0.2) is 35.6 Å². The predicted octanol–water partition coefficient (Wildman–Crippen LogP) is 1.49. The number of fused-ring (bicyclic) bond motifs is 3. The van der Waals surface area contributed by atoms with Crippen molar-refractivity contribution >= 4 is 13.0 Å². The van der Waals surface area contributed by atoms with E-state index in [0.29, 0.717) is 24.9 Å². The van der Waals surface area contributed by atoms with Crippen LogP contribution in [0.3, 0.4) is 0 Å². The quantitative estimate of drug-likeness (QED) is 0.715. The molecule has 128 valence electrons. The molecule has 5 nitrogen and oxygen atoms in total. The van der Waals surface area contributed by atoms with Gasteiger partial charge in [-0.15, -0.1) is 0 Å². The molecule has 2 aliphatic carbocycles. The van der Waals surface area contributed by atoms with Crippen LogP contribution >= 0.6 is 0 Å². The second-order valence-electron chi connectivity index (χ2n) is 7.59. The zero-order valence-corrected chi connectivity index (χ0v) is 13.7. The number of hydrogen-bond donors (Lipinski definition) is 3. The van der Waals surface area contributed by atoms with E-state index in [4.69, 9.17) is 4.74 Å². The topological polar surface area (TPSA) is 78.8 Å². The summed E-state index contributed by atoms with van der Waals surface area (Å²) >= 11 is 0. The van der Waals surface area contributed by atoms with Gasteiger partial charge in [0.1, 0.15) is 5.75 Å². The van der Waals surface area contributed by atoms with E-state index in [2.05, 4.69) is 5.32 Å². The van der Waals surface area contributed by atoms with Crippen LogP contribution in [-0.2, 0) is 4.79 Å². The third kappa shape index (κ3) is 2.93. The second kappa shape index (κ2) is 6.41. The Hall–Kier alpha value is -1.53. The molecule has 1 aliphatic heterocycles. The molecule has 0 saturated heterocycles. The van der Waals surface area contributed by atoms with Crippen LogP contribution in [0.15, 0.2) is 24.3 Å². The first kappa shape index (κ1) is 16.0. The molecule has 4 rings (SSSR count). The highest BCUT2D eigenvalue weighted by Crippen LogP contribution is 2.48. The van der Waals surface area contributed by atoms with Crippen LogP contribution in [0.2, 0.25) is 0 Å². The SMILES string of the molecule is O=C(N[C@@H](C[C@@H]1COc2ccccc21)B(O)O)[C@@H]1C[C@H]2CC[C@@H]1C2. The summed E-state index contributed by atoms with van der Waals surface area (Å²) in [7, 11) is -1.56. The first-order valence-electron chi connectivity index (χ1n) is 9.00. The number of hydrogen-bond acceptors (Lipinski definition) is 4. The number of carbonyl (C=O) groups excluding carboxylic acids is 1. The van der Waals surface area contributed by atoms with Crippen molar-refractivity contribution in [1.82, 2.24) is 5.32 Å². The van der Waals surface area contributed by atoms with Gasteiger partial charge in [0.05, 0.1) is 12.5 Å². The average Bonchev–Trinajstić information content (AvgIpc) is 3.29. The maximum Gasteiger partial charge on any atom is 0.475 e. The normalized spacial score (nSPS) is 31.4. The van der Waals surface area contributed by atoms with Gasteiger partial charge in [-0.2, -0.15) is 0 Å². The van der Waals surface area contributed by atoms with Gasteiger partial charge in [-0.25, -0.2) is 0 Å². The predicted molar refractivity (Wildman–Crippen MR) is 90.4 cm³/mol. The van der Waals surface area contributed by atoms with Crippen molar-refractivity contribution in [3.8, 4) is 5.75 Å². The number of para-hydroxylation sites is 1. The molecule has 0 unspecified atom stereocenters. The van der Waals surface area contributed by atoms with Gasteiger partial charge in [0.15, 0.2) is 0 Å². The minimum absolute atomic E-state index is 0.00694. The fraction of sp³-hybridized carbons (Fsp3) is 0.611. The van der Waals surface area contributed by atoms with Crippen molar-refractivity contribution in [2.24, 2.45) is 17.8 Å². The molecule has 24 heavy (non-hydrogen) atoms. The lowest BCUT2D eigenvalue weighted by Crippen LogP contribution is -2.49. The molecular weight excluding hydrogens is 305 g/mol. The van der Waals surface area contributed by atoms with Gasteiger partial charge in [-0.1, -0.05) is 24.6 Å². The molecule has 2 bridgehead atoms. The summed E-state index contributed by atoms with van der Waals surface area (Å²) in [5.41, 5.74) is 1.08. The molecule has 0 spiro atoms. The first-order chi connectivity index (χ1) is 11.6. The van der Waals surface area contributed by atoms with E-state index >= 15 is 0 Å². The number of benzene rings is 1. The molecule has 6 heteroatoms. The minimum atomic E-state index is -1.56. The third-order valence-corrected chi connectivity index (χ3v) is 6.10. The Morgan fingerprint density at radius 1 is 1.29 bits per heavy atom. The van der Waals surface area contributed by atoms with Crippen LogP contribution in [0, 0.1) is 17.8 Å². The summed E-state index contributed by atoms with van der Waals surface area (Å²) in [6.45, 7) is 0.520. The average molecular weight is 329 g/mol. The van der Waals surface area contributed by atoms with Gasteiger partial charge in [-0.3, -0.25) is 4.79 Å². The van der Waals surface area contributed by atoms with Crippen LogP contribution in [0.25, 0.3) is 0 Å². The van der Waals surface area contributed by atoms with Crippen molar-refractivity contribution in [1.29, 1.82) is 0 Å². The van der Waals surface area contributed by atoms with E-state index in [9.17, 15) is 14.8 Å². The molecule has 2 fully saturated rings. The molecule has 1 amide bonds. The highest BCUT2D eigenvalue weighted by molar-refractivity contribution is 6.43. The summed E-state index contributed by atoms with van der Waals surface area (Å²) in [6, 6.07) is 7.81. The standard InChI is InChI=1S/C18H24BNO4/c21-18(15-8-11-5-6-12(15)7-11)20-17(19(22)23)9-13-10-24-16-4-2-1-3-14(13)16/h1-4,11-13,15,17,22-23H,5-10H2,(H,20,21)/t11-,12+,13+,15+,17-/m0/s1. The minimum Gasteiger partial charge on any atom is -0.493 e. The van der Waals surface area contributed by atoms with Crippen molar-refractivity contribution < 1.29 is 19.6 Å². The molecule has 3 aliphatic rings. The smallest absolute Gasteiger partial charge is 0.475 e. The van der Waals surface area contributed by atoms with Crippen LogP contribution in [0.4, 0.5) is 0 Å². The van der Waals surface area contributed by atoms with E-state index in [1.807, 2.05) is 24.3 Å². The van der Waals surface area contributed by atoms with Crippen molar-refractivity contribution in [3.63, 3.8) is 0 Å². The summed E-state index contributed by atoms with van der Waals surface area (Å²) in [6.07, 6.45) is 4.98. The van der Waals surface area contributed by atoms with Crippen LogP contribution in [0.5, 0.6) is 5.75 Å². The lowest BCUT2D eigenvalue weighted by atomic mass is 9.73. The number of ether oxygens (including phenoxy) is 1. The number of carbonyl (C=O) groups is 1. The van der Waals surface area contributed by atoms with E-state index in [1.165, 1.54) is 6.42 Å². The zero-order chi connectivity index (χ0) is 16.7. The lowest BCUT2D eigenvalue weighted by molar-refractivity contribution is -0.127. The second-order valence-corrected chi connectivity index (χ2v) is 7.59. The first-order valence-corrected chi connectivity index (χ1v) is 9.00. The van der Waals surface area contributed by atoms with Gasteiger partial charge in [0, 0.05) is 17.4 Å². The molecular formula is C18H24BNO4. The molecule has 0 radical (unpaired) electrons. The zero-order valence-electron chi connectivity index (χ0n) is 13.7. The van der Waals surface area contributed by atoms with Crippen molar-refractivity contribution in [3.05, 3.63) is 29.8 Å².